The number of carbonyl (C=O) groups is 2. The van der Waals surface area contributed by atoms with Gasteiger partial charge in [0.1, 0.15) is 12.4 Å². The summed E-state index contributed by atoms with van der Waals surface area (Å²) in [7, 11) is 1.74. The van der Waals surface area contributed by atoms with Crippen LogP contribution < -0.4 is 0 Å². The fraction of sp³-hybridized carbons (Fsp3) is 0.357. The number of nitrogens with zero attached hydrogens (tertiary/aromatic N) is 3. The molecule has 1 amide bonds. The number of aryl methyl sites for hydroxylation is 1. The molecule has 0 aliphatic rings. The summed E-state index contributed by atoms with van der Waals surface area (Å²) in [6.07, 6.45) is 0. The molecule has 2 aromatic rings. The molecule has 0 unspecified atom stereocenters. The van der Waals surface area contributed by atoms with Crippen LogP contribution in [0, 0.1) is 6.92 Å². The molecular formula is C14H17N3O3. The molecule has 6 nitrogen and oxygen atoms in total. The average molecular weight is 275 g/mol. The Morgan fingerprint density at radius 2 is 2.10 bits per heavy atom. The van der Waals surface area contributed by atoms with Crippen LogP contribution in [0.25, 0.3) is 11.0 Å². The van der Waals surface area contributed by atoms with Crippen LogP contribution in [0.5, 0.6) is 0 Å². The first-order chi connectivity index (χ1) is 9.43. The number of hydrogen-bond acceptors (Lipinski definition) is 3. The first-order valence-corrected chi connectivity index (χ1v) is 6.38. The van der Waals surface area contributed by atoms with Crippen molar-refractivity contribution >= 4 is 22.9 Å². The summed E-state index contributed by atoms with van der Waals surface area (Å²) >= 11 is 0. The molecule has 1 aromatic heterocycles. The van der Waals surface area contributed by atoms with Crippen LogP contribution in [0.3, 0.4) is 0 Å². The van der Waals surface area contributed by atoms with Crippen molar-refractivity contribution in [2.75, 3.05) is 13.6 Å². The molecule has 1 heterocycles. The summed E-state index contributed by atoms with van der Waals surface area (Å²) < 4.78 is 1.75. The minimum absolute atomic E-state index is 0.0318. The maximum atomic E-state index is 12.0. The van der Waals surface area contributed by atoms with E-state index >= 15 is 0 Å². The van der Waals surface area contributed by atoms with E-state index in [1.807, 2.05) is 6.92 Å². The normalized spacial score (nSPS) is 10.8. The number of benzene rings is 1. The molecule has 6 heteroatoms. The maximum absolute atomic E-state index is 12.0. The van der Waals surface area contributed by atoms with Gasteiger partial charge in [-0.15, -0.1) is 0 Å². The average Bonchev–Trinajstić information content (AvgIpc) is 2.73. The quantitative estimate of drug-likeness (QED) is 0.918. The molecular weight excluding hydrogens is 258 g/mol. The van der Waals surface area contributed by atoms with Gasteiger partial charge in [-0.1, -0.05) is 0 Å². The van der Waals surface area contributed by atoms with Gasteiger partial charge in [0, 0.05) is 13.6 Å². The summed E-state index contributed by atoms with van der Waals surface area (Å²) in [6, 6.07) is 4.73. The van der Waals surface area contributed by atoms with Crippen LogP contribution in [0.15, 0.2) is 18.2 Å². The number of imidazole rings is 1. The number of hydrogen-bond donors (Lipinski definition) is 1. The smallest absolute Gasteiger partial charge is 0.335 e. The summed E-state index contributed by atoms with van der Waals surface area (Å²) in [5.41, 5.74) is 1.55. The van der Waals surface area contributed by atoms with Gasteiger partial charge >= 0.3 is 5.97 Å². The Hall–Kier alpha value is -2.37. The Kier molecular flexibility index (Phi) is 3.74. The lowest BCUT2D eigenvalue weighted by atomic mass is 10.2. The van der Waals surface area contributed by atoms with Crippen LogP contribution in [-0.4, -0.2) is 45.0 Å². The number of amides is 1. The summed E-state index contributed by atoms with van der Waals surface area (Å²) in [5, 5.41) is 9.05. The van der Waals surface area contributed by atoms with Gasteiger partial charge in [0.15, 0.2) is 0 Å². The Labute approximate surface area is 116 Å². The monoisotopic (exact) mass is 275 g/mol. The number of fused-ring (bicyclic) bond motifs is 1. The van der Waals surface area contributed by atoms with Crippen molar-refractivity contribution < 1.29 is 14.7 Å². The zero-order valence-corrected chi connectivity index (χ0v) is 11.8. The van der Waals surface area contributed by atoms with Crippen LogP contribution in [0.2, 0.25) is 0 Å². The molecule has 0 fully saturated rings. The topological polar surface area (TPSA) is 75.4 Å². The van der Waals surface area contributed by atoms with Crippen molar-refractivity contribution in [3.05, 3.63) is 29.6 Å². The zero-order valence-electron chi connectivity index (χ0n) is 11.8. The van der Waals surface area contributed by atoms with Crippen molar-refractivity contribution in [2.24, 2.45) is 0 Å². The van der Waals surface area contributed by atoms with E-state index in [1.54, 1.807) is 35.6 Å². The number of aromatic carboxylic acids is 1. The molecule has 0 saturated carbocycles. The van der Waals surface area contributed by atoms with Crippen molar-refractivity contribution in [2.45, 2.75) is 20.4 Å². The van der Waals surface area contributed by atoms with Crippen molar-refractivity contribution in [3.63, 3.8) is 0 Å². The van der Waals surface area contributed by atoms with Crippen molar-refractivity contribution in [1.29, 1.82) is 0 Å². The third-order valence-electron chi connectivity index (χ3n) is 3.38. The van der Waals surface area contributed by atoms with E-state index in [4.69, 9.17) is 5.11 Å². The molecule has 0 saturated heterocycles. The number of carboxylic acid groups (broad SMARTS) is 1. The van der Waals surface area contributed by atoms with Gasteiger partial charge in [-0.05, 0) is 32.0 Å². The van der Waals surface area contributed by atoms with E-state index in [9.17, 15) is 9.59 Å². The molecule has 0 radical (unpaired) electrons. The van der Waals surface area contributed by atoms with Crippen LogP contribution in [0.1, 0.15) is 23.1 Å². The lowest BCUT2D eigenvalue weighted by Crippen LogP contribution is -2.30. The van der Waals surface area contributed by atoms with E-state index in [0.29, 0.717) is 23.4 Å². The molecule has 0 atom stereocenters. The second-order valence-electron chi connectivity index (χ2n) is 4.66. The van der Waals surface area contributed by atoms with Gasteiger partial charge in [-0.25, -0.2) is 9.78 Å². The van der Waals surface area contributed by atoms with E-state index in [0.717, 1.165) is 0 Å². The largest absolute Gasteiger partial charge is 0.478 e. The molecule has 0 spiro atoms. The summed E-state index contributed by atoms with van der Waals surface area (Å²) in [6.45, 7) is 4.50. The van der Waals surface area contributed by atoms with Gasteiger partial charge in [0.2, 0.25) is 5.91 Å². The Morgan fingerprint density at radius 1 is 1.40 bits per heavy atom. The number of rotatable bonds is 4. The Balaban J connectivity index is 2.46. The first kappa shape index (κ1) is 14.0. The highest BCUT2D eigenvalue weighted by Gasteiger charge is 2.14. The predicted molar refractivity (Wildman–Crippen MR) is 74.7 cm³/mol. The maximum Gasteiger partial charge on any atom is 0.335 e. The minimum Gasteiger partial charge on any atom is -0.478 e. The van der Waals surface area contributed by atoms with E-state index in [1.165, 1.54) is 6.07 Å². The standard InChI is InChI=1S/C14H17N3O3/c1-4-16(3)13(18)8-17-9(2)15-11-6-5-10(14(19)20)7-12(11)17/h5-7H,4,8H2,1-3H3,(H,19,20). The van der Waals surface area contributed by atoms with Crippen LogP contribution in [0.4, 0.5) is 0 Å². The highest BCUT2D eigenvalue weighted by molar-refractivity contribution is 5.93. The zero-order chi connectivity index (χ0) is 14.9. The third-order valence-corrected chi connectivity index (χ3v) is 3.38. The first-order valence-electron chi connectivity index (χ1n) is 6.38. The van der Waals surface area contributed by atoms with E-state index < -0.39 is 5.97 Å². The van der Waals surface area contributed by atoms with Crippen molar-refractivity contribution in [1.82, 2.24) is 14.5 Å². The molecule has 106 valence electrons. The molecule has 0 aliphatic heterocycles. The van der Waals surface area contributed by atoms with E-state index in [-0.39, 0.29) is 18.0 Å². The van der Waals surface area contributed by atoms with E-state index in [2.05, 4.69) is 4.98 Å². The Bertz CT molecular complexity index is 676. The van der Waals surface area contributed by atoms with Gasteiger partial charge in [0.05, 0.1) is 16.6 Å². The van der Waals surface area contributed by atoms with Gasteiger partial charge < -0.3 is 14.6 Å². The lowest BCUT2D eigenvalue weighted by Gasteiger charge is -2.15. The van der Waals surface area contributed by atoms with Crippen molar-refractivity contribution in [3.8, 4) is 0 Å². The fourth-order valence-corrected chi connectivity index (χ4v) is 2.01. The van der Waals surface area contributed by atoms with Crippen LogP contribution in [-0.2, 0) is 11.3 Å². The van der Waals surface area contributed by atoms with Gasteiger partial charge in [0.25, 0.3) is 0 Å². The molecule has 1 N–H and O–H groups in total. The number of carbonyl (C=O) groups excluding carboxylic acids is 1. The fourth-order valence-electron chi connectivity index (χ4n) is 2.01. The molecule has 2 rings (SSSR count). The number of aromatic nitrogens is 2. The summed E-state index contributed by atoms with van der Waals surface area (Å²) in [4.78, 5) is 29.0. The van der Waals surface area contributed by atoms with Gasteiger partial charge in [-0.2, -0.15) is 0 Å². The second kappa shape index (κ2) is 5.32. The number of likely N-dealkylation sites (N-methyl/N-ethyl adjacent to an activating group) is 1. The number of carboxylic acids is 1. The van der Waals surface area contributed by atoms with Gasteiger partial charge in [-0.3, -0.25) is 4.79 Å². The highest BCUT2D eigenvalue weighted by Crippen LogP contribution is 2.18. The second-order valence-corrected chi connectivity index (χ2v) is 4.66. The summed E-state index contributed by atoms with van der Waals surface area (Å²) in [5.74, 6) is -0.328. The minimum atomic E-state index is -0.991. The molecule has 0 aliphatic carbocycles. The van der Waals surface area contributed by atoms with Crippen LogP contribution >= 0.6 is 0 Å². The SMILES string of the molecule is CCN(C)C(=O)Cn1c(C)nc2ccc(C(=O)O)cc21. The highest BCUT2D eigenvalue weighted by atomic mass is 16.4. The molecule has 20 heavy (non-hydrogen) atoms. The predicted octanol–water partition coefficient (Wildman–Crippen LogP) is 1.52. The third kappa shape index (κ3) is 2.49. The Morgan fingerprint density at radius 3 is 2.70 bits per heavy atom. The molecule has 1 aromatic carbocycles. The lowest BCUT2D eigenvalue weighted by molar-refractivity contribution is -0.130. The molecule has 0 bridgehead atoms.